The average molecular weight is 128 g/mol. The summed E-state index contributed by atoms with van der Waals surface area (Å²) in [4.78, 5) is 10.8. The second-order valence-corrected chi connectivity index (χ2v) is 2.68. The van der Waals surface area contributed by atoms with Gasteiger partial charge in [0.1, 0.15) is 0 Å². The van der Waals surface area contributed by atoms with Crippen LogP contribution in [0.2, 0.25) is 0 Å². The molecule has 0 aromatic heterocycles. The van der Waals surface area contributed by atoms with Crippen LogP contribution >= 0.6 is 0 Å². The molecule has 2 nitrogen and oxygen atoms in total. The average Bonchev–Trinajstić information content (AvgIpc) is 1.84. The van der Waals surface area contributed by atoms with Gasteiger partial charge in [-0.2, -0.15) is 0 Å². The van der Waals surface area contributed by atoms with E-state index in [0.717, 1.165) is 6.42 Å². The van der Waals surface area contributed by atoms with E-state index in [1.807, 2.05) is 0 Å². The van der Waals surface area contributed by atoms with Crippen LogP contribution in [0.15, 0.2) is 0 Å². The maximum atomic E-state index is 10.8. The maximum Gasteiger partial charge on any atom is 0.308 e. The number of hydrogen-bond donors (Lipinski definition) is 0. The lowest BCUT2D eigenvalue weighted by atomic mass is 9.75. The van der Waals surface area contributed by atoms with Crippen LogP contribution in [-0.4, -0.2) is 13.1 Å². The third kappa shape index (κ3) is 1.07. The Morgan fingerprint density at radius 2 is 2.22 bits per heavy atom. The van der Waals surface area contributed by atoms with Crippen LogP contribution in [0.1, 0.15) is 19.8 Å². The van der Waals surface area contributed by atoms with E-state index in [1.54, 1.807) is 0 Å². The van der Waals surface area contributed by atoms with Crippen molar-refractivity contribution in [1.82, 2.24) is 0 Å². The molecule has 0 aromatic carbocycles. The molecule has 0 heterocycles. The van der Waals surface area contributed by atoms with Crippen molar-refractivity contribution >= 4 is 5.97 Å². The molecule has 0 amide bonds. The molecule has 1 aliphatic carbocycles. The second kappa shape index (κ2) is 2.38. The predicted octanol–water partition coefficient (Wildman–Crippen LogP) is 1.21. The highest BCUT2D eigenvalue weighted by atomic mass is 16.5. The van der Waals surface area contributed by atoms with Gasteiger partial charge in [0.05, 0.1) is 13.0 Å². The first-order valence-corrected chi connectivity index (χ1v) is 3.33. The van der Waals surface area contributed by atoms with E-state index in [1.165, 1.54) is 13.5 Å². The summed E-state index contributed by atoms with van der Waals surface area (Å²) in [5, 5.41) is 0. The van der Waals surface area contributed by atoms with Crippen molar-refractivity contribution in [3.63, 3.8) is 0 Å². The highest BCUT2D eigenvalue weighted by Crippen LogP contribution is 2.34. The van der Waals surface area contributed by atoms with Gasteiger partial charge in [0.2, 0.25) is 0 Å². The van der Waals surface area contributed by atoms with Crippen molar-refractivity contribution in [1.29, 1.82) is 0 Å². The van der Waals surface area contributed by atoms with E-state index in [4.69, 9.17) is 0 Å². The summed E-state index contributed by atoms with van der Waals surface area (Å²) in [6, 6.07) is 0. The molecular weight excluding hydrogens is 116 g/mol. The van der Waals surface area contributed by atoms with E-state index >= 15 is 0 Å². The third-order valence-electron chi connectivity index (χ3n) is 2.12. The number of carbonyl (C=O) groups is 1. The highest BCUT2D eigenvalue weighted by Gasteiger charge is 2.33. The van der Waals surface area contributed by atoms with Gasteiger partial charge in [-0.25, -0.2) is 0 Å². The molecule has 1 saturated carbocycles. The fraction of sp³-hybridized carbons (Fsp3) is 0.857. The summed E-state index contributed by atoms with van der Waals surface area (Å²) in [6.07, 6.45) is 2.20. The topological polar surface area (TPSA) is 26.3 Å². The largest absolute Gasteiger partial charge is 0.469 e. The molecule has 0 aliphatic heterocycles. The van der Waals surface area contributed by atoms with E-state index in [-0.39, 0.29) is 11.9 Å². The van der Waals surface area contributed by atoms with Crippen molar-refractivity contribution in [2.75, 3.05) is 7.11 Å². The second-order valence-electron chi connectivity index (χ2n) is 2.68. The Morgan fingerprint density at radius 3 is 2.33 bits per heavy atom. The summed E-state index contributed by atoms with van der Waals surface area (Å²) in [5.41, 5.74) is 0. The summed E-state index contributed by atoms with van der Waals surface area (Å²) < 4.78 is 4.59. The summed E-state index contributed by atoms with van der Waals surface area (Å²) in [6.45, 7) is 2.09. The molecule has 1 aliphatic rings. The van der Waals surface area contributed by atoms with Gasteiger partial charge >= 0.3 is 5.97 Å². The zero-order valence-corrected chi connectivity index (χ0v) is 5.89. The van der Waals surface area contributed by atoms with Crippen LogP contribution in [0.5, 0.6) is 0 Å². The van der Waals surface area contributed by atoms with E-state index in [9.17, 15) is 4.79 Å². The zero-order valence-electron chi connectivity index (χ0n) is 5.89. The molecule has 0 unspecified atom stereocenters. The molecule has 1 rings (SSSR count). The van der Waals surface area contributed by atoms with Crippen LogP contribution < -0.4 is 0 Å². The van der Waals surface area contributed by atoms with Crippen molar-refractivity contribution in [2.24, 2.45) is 11.8 Å². The summed E-state index contributed by atoms with van der Waals surface area (Å²) in [7, 11) is 1.45. The summed E-state index contributed by atoms with van der Waals surface area (Å²) >= 11 is 0. The van der Waals surface area contributed by atoms with Gasteiger partial charge in [-0.1, -0.05) is 6.92 Å². The minimum atomic E-state index is -0.0336. The van der Waals surface area contributed by atoms with E-state index in [2.05, 4.69) is 11.7 Å². The van der Waals surface area contributed by atoms with Crippen LogP contribution in [0.4, 0.5) is 0 Å². The first-order valence-electron chi connectivity index (χ1n) is 3.33. The Balaban J connectivity index is 2.35. The number of rotatable bonds is 1. The van der Waals surface area contributed by atoms with Crippen LogP contribution in [0.3, 0.4) is 0 Å². The Labute approximate surface area is 55.2 Å². The van der Waals surface area contributed by atoms with Gasteiger partial charge in [-0.3, -0.25) is 4.79 Å². The molecule has 0 bridgehead atoms. The Morgan fingerprint density at radius 1 is 1.56 bits per heavy atom. The van der Waals surface area contributed by atoms with E-state index < -0.39 is 0 Å². The molecule has 52 valence electrons. The smallest absolute Gasteiger partial charge is 0.308 e. The molecule has 2 atom stereocenters. The standard InChI is InChI=1S/C7H12O2/c1-5-3-4-6(5)7(8)9-2/h5-6H,3-4H2,1-2H3/t5-,6+/m0/s1. The maximum absolute atomic E-state index is 10.8. The van der Waals surface area contributed by atoms with Gasteiger partial charge in [0.15, 0.2) is 0 Å². The number of hydrogen-bond acceptors (Lipinski definition) is 2. The van der Waals surface area contributed by atoms with E-state index in [0.29, 0.717) is 5.92 Å². The molecular formula is C7H12O2. The quantitative estimate of drug-likeness (QED) is 0.496. The number of ether oxygens (including phenoxy) is 1. The molecule has 0 N–H and O–H groups in total. The lowest BCUT2D eigenvalue weighted by molar-refractivity contribution is -0.151. The monoisotopic (exact) mass is 128 g/mol. The number of carbonyl (C=O) groups excluding carboxylic acids is 1. The molecule has 0 radical (unpaired) electrons. The van der Waals surface area contributed by atoms with Crippen molar-refractivity contribution in [2.45, 2.75) is 19.8 Å². The summed E-state index contributed by atoms with van der Waals surface area (Å²) in [5.74, 6) is 0.723. The van der Waals surface area contributed by atoms with Crippen molar-refractivity contribution in [3.05, 3.63) is 0 Å². The van der Waals surface area contributed by atoms with Gasteiger partial charge < -0.3 is 4.74 Å². The third-order valence-corrected chi connectivity index (χ3v) is 2.12. The highest BCUT2D eigenvalue weighted by molar-refractivity contribution is 5.73. The molecule has 0 spiro atoms. The lowest BCUT2D eigenvalue weighted by Crippen LogP contribution is -2.31. The number of esters is 1. The SMILES string of the molecule is COC(=O)[C@@H]1CC[C@@H]1C. The van der Waals surface area contributed by atoms with Crippen molar-refractivity contribution < 1.29 is 9.53 Å². The normalized spacial score (nSPS) is 33.1. The Kier molecular flexibility index (Phi) is 1.74. The Hall–Kier alpha value is -0.530. The molecule has 2 heteroatoms. The fourth-order valence-corrected chi connectivity index (χ4v) is 1.17. The zero-order chi connectivity index (χ0) is 6.85. The van der Waals surface area contributed by atoms with Gasteiger partial charge in [0.25, 0.3) is 0 Å². The van der Waals surface area contributed by atoms with Gasteiger partial charge in [-0.15, -0.1) is 0 Å². The predicted molar refractivity (Wildman–Crippen MR) is 33.9 cm³/mol. The first kappa shape index (κ1) is 6.59. The van der Waals surface area contributed by atoms with Gasteiger partial charge in [-0.05, 0) is 18.8 Å². The Bertz CT molecular complexity index is 120. The fourth-order valence-electron chi connectivity index (χ4n) is 1.17. The van der Waals surface area contributed by atoms with Crippen LogP contribution in [-0.2, 0) is 9.53 Å². The van der Waals surface area contributed by atoms with Gasteiger partial charge in [0, 0.05) is 0 Å². The minimum Gasteiger partial charge on any atom is -0.469 e. The van der Waals surface area contributed by atoms with Crippen LogP contribution in [0, 0.1) is 11.8 Å². The first-order chi connectivity index (χ1) is 4.25. The molecule has 9 heavy (non-hydrogen) atoms. The molecule has 0 saturated heterocycles. The molecule has 1 fully saturated rings. The number of methoxy groups -OCH3 is 1. The lowest BCUT2D eigenvalue weighted by Gasteiger charge is -2.30. The minimum absolute atomic E-state index is 0.0336. The molecule has 0 aromatic rings. The van der Waals surface area contributed by atoms with Crippen LogP contribution in [0.25, 0.3) is 0 Å². The van der Waals surface area contributed by atoms with Crippen molar-refractivity contribution in [3.8, 4) is 0 Å².